The lowest BCUT2D eigenvalue weighted by atomic mass is 9.88. The van der Waals surface area contributed by atoms with Crippen LogP contribution in [0.15, 0.2) is 25.3 Å². The highest BCUT2D eigenvalue weighted by atomic mass is 16.6. The Kier molecular flexibility index (Phi) is 6.34. The first kappa shape index (κ1) is 21.0. The molecular weight excluding hydrogens is 348 g/mol. The van der Waals surface area contributed by atoms with Crippen molar-refractivity contribution in [1.82, 2.24) is 9.80 Å². The average molecular weight is 378 g/mol. The van der Waals surface area contributed by atoms with E-state index >= 15 is 0 Å². The van der Waals surface area contributed by atoms with Crippen molar-refractivity contribution in [2.24, 2.45) is 5.92 Å². The van der Waals surface area contributed by atoms with E-state index in [1.807, 2.05) is 0 Å². The first-order valence-corrected chi connectivity index (χ1v) is 9.40. The summed E-state index contributed by atoms with van der Waals surface area (Å²) in [5, 5.41) is 9.57. The molecule has 0 aromatic heterocycles. The van der Waals surface area contributed by atoms with Gasteiger partial charge in [0.15, 0.2) is 0 Å². The van der Waals surface area contributed by atoms with Crippen LogP contribution in [0.25, 0.3) is 0 Å². The Morgan fingerprint density at radius 1 is 1.11 bits per heavy atom. The average Bonchev–Trinajstić information content (AvgIpc) is 3.03. The topological polar surface area (TPSA) is 87.2 Å². The minimum atomic E-state index is -1.14. The predicted molar refractivity (Wildman–Crippen MR) is 101 cm³/mol. The van der Waals surface area contributed by atoms with Crippen molar-refractivity contribution in [1.29, 1.82) is 0 Å². The normalized spacial score (nSPS) is 28.6. The Balaban J connectivity index is 2.34. The van der Waals surface area contributed by atoms with E-state index in [4.69, 9.17) is 4.74 Å². The molecule has 0 radical (unpaired) electrons. The molecule has 7 heteroatoms. The van der Waals surface area contributed by atoms with Gasteiger partial charge in [0.25, 0.3) is 0 Å². The second-order valence-corrected chi connectivity index (χ2v) is 8.14. The highest BCUT2D eigenvalue weighted by molar-refractivity contribution is 5.91. The summed E-state index contributed by atoms with van der Waals surface area (Å²) in [5.74, 6) is -1.12. The number of carbonyl (C=O) groups is 3. The van der Waals surface area contributed by atoms with E-state index < -0.39 is 29.7 Å². The largest absolute Gasteiger partial charge is 0.465 e. The fraction of sp³-hybridized carbons (Fsp3) is 0.650. The molecule has 0 bridgehead atoms. The Hall–Kier alpha value is -2.31. The van der Waals surface area contributed by atoms with Crippen molar-refractivity contribution < 1.29 is 24.2 Å². The molecule has 2 aliphatic rings. The first-order valence-electron chi connectivity index (χ1n) is 9.40. The summed E-state index contributed by atoms with van der Waals surface area (Å²) in [5.41, 5.74) is -0.667. The zero-order valence-corrected chi connectivity index (χ0v) is 16.4. The van der Waals surface area contributed by atoms with Gasteiger partial charge in [0.2, 0.25) is 5.91 Å². The van der Waals surface area contributed by atoms with Gasteiger partial charge in [-0.15, -0.1) is 13.2 Å². The van der Waals surface area contributed by atoms with Crippen molar-refractivity contribution >= 4 is 18.0 Å². The van der Waals surface area contributed by atoms with Gasteiger partial charge < -0.3 is 14.7 Å². The Morgan fingerprint density at radius 3 is 2.30 bits per heavy atom. The standard InChI is InChI=1S/C20H30N2O5/c1-6-13-9-8-12-21(19(25)26)16(13)17(23)22-14(7-2)10-11-15(22)18(24)27-20(3,4)5/h6-7,13-16H,1-2,8-12H2,3-5H3,(H,25,26)/t13?,14-,15-,16?/m0/s1. The number of ether oxygens (including phenoxy) is 1. The number of likely N-dealkylation sites (tertiary alicyclic amines) is 2. The second kappa shape index (κ2) is 8.15. The lowest BCUT2D eigenvalue weighted by Gasteiger charge is -2.41. The van der Waals surface area contributed by atoms with Crippen molar-refractivity contribution in [2.75, 3.05) is 6.54 Å². The van der Waals surface area contributed by atoms with Crippen LogP contribution in [0.2, 0.25) is 0 Å². The Morgan fingerprint density at radius 2 is 1.78 bits per heavy atom. The van der Waals surface area contributed by atoms with Crippen LogP contribution in [0.3, 0.4) is 0 Å². The summed E-state index contributed by atoms with van der Waals surface area (Å²) in [7, 11) is 0. The van der Waals surface area contributed by atoms with Crippen LogP contribution in [0.5, 0.6) is 0 Å². The van der Waals surface area contributed by atoms with E-state index in [2.05, 4.69) is 13.2 Å². The van der Waals surface area contributed by atoms with E-state index in [0.717, 1.165) is 0 Å². The molecule has 2 amide bonds. The third-order valence-electron chi connectivity index (χ3n) is 5.11. The van der Waals surface area contributed by atoms with E-state index in [1.54, 1.807) is 32.9 Å². The van der Waals surface area contributed by atoms with E-state index in [1.165, 1.54) is 9.80 Å². The number of hydrogen-bond donors (Lipinski definition) is 1. The Bertz CT molecular complexity index is 624. The number of piperidine rings is 1. The lowest BCUT2D eigenvalue weighted by molar-refractivity contribution is -0.165. The highest BCUT2D eigenvalue weighted by Crippen LogP contribution is 2.33. The molecule has 0 aromatic carbocycles. The maximum atomic E-state index is 13.5. The van der Waals surface area contributed by atoms with Crippen LogP contribution in [0.1, 0.15) is 46.5 Å². The molecule has 2 aliphatic heterocycles. The Labute approximate surface area is 160 Å². The van der Waals surface area contributed by atoms with Crippen LogP contribution in [-0.2, 0) is 14.3 Å². The molecule has 7 nitrogen and oxygen atoms in total. The fourth-order valence-corrected chi connectivity index (χ4v) is 3.94. The summed E-state index contributed by atoms with van der Waals surface area (Å²) in [6, 6.07) is -1.93. The zero-order chi connectivity index (χ0) is 20.4. The SMILES string of the molecule is C=CC1CCCN(C(=O)O)C1C(=O)N1[C@@H](C=C)CC[C@H]1C(=O)OC(C)(C)C. The molecule has 2 heterocycles. The molecule has 0 aliphatic carbocycles. The molecule has 150 valence electrons. The summed E-state index contributed by atoms with van der Waals surface area (Å²) in [4.78, 5) is 40.5. The molecular formula is C20H30N2O5. The van der Waals surface area contributed by atoms with Gasteiger partial charge in [0.05, 0.1) is 6.04 Å². The summed E-state index contributed by atoms with van der Waals surface area (Å²) < 4.78 is 5.49. The molecule has 2 rings (SSSR count). The van der Waals surface area contributed by atoms with Gasteiger partial charge in [0.1, 0.15) is 17.7 Å². The van der Waals surface area contributed by atoms with Crippen LogP contribution in [-0.4, -0.2) is 63.1 Å². The number of esters is 1. The minimum Gasteiger partial charge on any atom is -0.465 e. The summed E-state index contributed by atoms with van der Waals surface area (Å²) >= 11 is 0. The summed E-state index contributed by atoms with van der Waals surface area (Å²) in [6.45, 7) is 13.2. The fourth-order valence-electron chi connectivity index (χ4n) is 3.94. The van der Waals surface area contributed by atoms with Crippen LogP contribution < -0.4 is 0 Å². The van der Waals surface area contributed by atoms with Crippen molar-refractivity contribution in [3.63, 3.8) is 0 Å². The van der Waals surface area contributed by atoms with Crippen molar-refractivity contribution in [2.45, 2.75) is 70.2 Å². The monoisotopic (exact) mass is 378 g/mol. The third kappa shape index (κ3) is 4.51. The molecule has 4 atom stereocenters. The van der Waals surface area contributed by atoms with Crippen molar-refractivity contribution in [3.05, 3.63) is 25.3 Å². The maximum absolute atomic E-state index is 13.5. The van der Waals surface area contributed by atoms with Gasteiger partial charge in [-0.3, -0.25) is 9.69 Å². The van der Waals surface area contributed by atoms with Crippen molar-refractivity contribution in [3.8, 4) is 0 Å². The molecule has 2 unspecified atom stereocenters. The number of carbonyl (C=O) groups excluding carboxylic acids is 2. The third-order valence-corrected chi connectivity index (χ3v) is 5.11. The van der Waals surface area contributed by atoms with Gasteiger partial charge in [-0.1, -0.05) is 12.2 Å². The number of amides is 2. The first-order chi connectivity index (χ1) is 12.6. The van der Waals surface area contributed by atoms with Crippen LogP contribution in [0.4, 0.5) is 4.79 Å². The number of carboxylic acid groups (broad SMARTS) is 1. The molecule has 2 fully saturated rings. The minimum absolute atomic E-state index is 0.285. The quantitative estimate of drug-likeness (QED) is 0.600. The van der Waals surface area contributed by atoms with E-state index in [9.17, 15) is 19.5 Å². The van der Waals surface area contributed by atoms with E-state index in [-0.39, 0.29) is 17.9 Å². The van der Waals surface area contributed by atoms with Gasteiger partial charge >= 0.3 is 12.1 Å². The van der Waals surface area contributed by atoms with Crippen LogP contribution in [0, 0.1) is 5.92 Å². The van der Waals surface area contributed by atoms with Gasteiger partial charge in [-0.2, -0.15) is 0 Å². The predicted octanol–water partition coefficient (Wildman–Crippen LogP) is 2.82. The number of nitrogens with zero attached hydrogens (tertiary/aromatic N) is 2. The summed E-state index contributed by atoms with van der Waals surface area (Å²) in [6.07, 6.45) is 4.56. The molecule has 1 N–H and O–H groups in total. The maximum Gasteiger partial charge on any atom is 0.408 e. The van der Waals surface area contributed by atoms with Gasteiger partial charge in [0, 0.05) is 12.5 Å². The molecule has 2 saturated heterocycles. The molecule has 27 heavy (non-hydrogen) atoms. The highest BCUT2D eigenvalue weighted by Gasteiger charge is 2.48. The second-order valence-electron chi connectivity index (χ2n) is 8.14. The zero-order valence-electron chi connectivity index (χ0n) is 16.4. The molecule has 0 saturated carbocycles. The molecule has 0 spiro atoms. The van der Waals surface area contributed by atoms with E-state index in [0.29, 0.717) is 32.2 Å². The molecule has 0 aromatic rings. The van der Waals surface area contributed by atoms with Crippen LogP contribution >= 0.6 is 0 Å². The lowest BCUT2D eigenvalue weighted by Crippen LogP contribution is -2.59. The number of rotatable bonds is 4. The smallest absolute Gasteiger partial charge is 0.408 e. The van der Waals surface area contributed by atoms with Gasteiger partial charge in [-0.25, -0.2) is 9.59 Å². The van der Waals surface area contributed by atoms with Gasteiger partial charge in [-0.05, 0) is 46.5 Å². The number of hydrogen-bond acceptors (Lipinski definition) is 4.